The van der Waals surface area contributed by atoms with Crippen LogP contribution in [0.15, 0.2) is 77.7 Å². The van der Waals surface area contributed by atoms with Crippen molar-refractivity contribution in [3.63, 3.8) is 0 Å². The van der Waals surface area contributed by atoms with Crippen molar-refractivity contribution in [2.45, 2.75) is 24.8 Å². The molecule has 3 aromatic rings. The number of anilines is 1. The number of benzene rings is 3. The van der Waals surface area contributed by atoms with Crippen molar-refractivity contribution >= 4 is 21.6 Å². The molecule has 0 saturated heterocycles. The molecule has 0 spiro atoms. The van der Waals surface area contributed by atoms with Gasteiger partial charge in [-0.15, -0.1) is 0 Å². The Bertz CT molecular complexity index is 1110. The molecular formula is C22H21FN2O3S. The predicted molar refractivity (Wildman–Crippen MR) is 111 cm³/mol. The molecule has 29 heavy (non-hydrogen) atoms. The van der Waals surface area contributed by atoms with Crippen LogP contribution in [0.25, 0.3) is 0 Å². The van der Waals surface area contributed by atoms with Crippen LogP contribution in [-0.2, 0) is 10.0 Å². The summed E-state index contributed by atoms with van der Waals surface area (Å²) >= 11 is 0. The lowest BCUT2D eigenvalue weighted by atomic mass is 10.1. The fraction of sp³-hybridized carbons (Fsp3) is 0.136. The number of rotatable bonds is 6. The maximum Gasteiger partial charge on any atom is 0.261 e. The summed E-state index contributed by atoms with van der Waals surface area (Å²) in [6.45, 7) is 3.55. The molecule has 0 heterocycles. The van der Waals surface area contributed by atoms with Gasteiger partial charge in [-0.25, -0.2) is 12.8 Å². The van der Waals surface area contributed by atoms with E-state index >= 15 is 0 Å². The van der Waals surface area contributed by atoms with Crippen LogP contribution < -0.4 is 10.0 Å². The van der Waals surface area contributed by atoms with Crippen LogP contribution in [0.4, 0.5) is 10.1 Å². The summed E-state index contributed by atoms with van der Waals surface area (Å²) < 4.78 is 40.8. The molecule has 0 radical (unpaired) electrons. The summed E-state index contributed by atoms with van der Waals surface area (Å²) in [6.07, 6.45) is 0. The SMILES string of the molecule is Cc1ccc(C(=O)NC(C)c2ccc(F)cc2)cc1NS(=O)(=O)c1ccccc1. The third kappa shape index (κ3) is 5.00. The Labute approximate surface area is 169 Å². The summed E-state index contributed by atoms with van der Waals surface area (Å²) in [5, 5.41) is 2.83. The van der Waals surface area contributed by atoms with Gasteiger partial charge in [0.1, 0.15) is 5.82 Å². The minimum Gasteiger partial charge on any atom is -0.346 e. The Morgan fingerprint density at radius 2 is 1.62 bits per heavy atom. The largest absolute Gasteiger partial charge is 0.346 e. The zero-order chi connectivity index (χ0) is 21.0. The summed E-state index contributed by atoms with van der Waals surface area (Å²) in [4.78, 5) is 12.8. The summed E-state index contributed by atoms with van der Waals surface area (Å²) in [5.41, 5.74) is 2.09. The molecule has 0 aliphatic heterocycles. The Morgan fingerprint density at radius 1 is 0.966 bits per heavy atom. The Balaban J connectivity index is 1.79. The minimum absolute atomic E-state index is 0.138. The fourth-order valence-electron chi connectivity index (χ4n) is 2.79. The Morgan fingerprint density at radius 3 is 2.28 bits per heavy atom. The van der Waals surface area contributed by atoms with E-state index in [9.17, 15) is 17.6 Å². The molecule has 2 N–H and O–H groups in total. The highest BCUT2D eigenvalue weighted by atomic mass is 32.2. The number of hydrogen-bond acceptors (Lipinski definition) is 3. The Kier molecular flexibility index (Phi) is 5.98. The standard InChI is InChI=1S/C22H21FN2O3S/c1-15-8-9-18(22(26)24-16(2)17-10-12-19(23)13-11-17)14-21(15)25-29(27,28)20-6-4-3-5-7-20/h3-14,16,25H,1-2H3,(H,24,26). The predicted octanol–water partition coefficient (Wildman–Crippen LogP) is 4.43. The van der Waals surface area contributed by atoms with Gasteiger partial charge in [0.25, 0.3) is 15.9 Å². The molecule has 0 saturated carbocycles. The van der Waals surface area contributed by atoms with Crippen LogP contribution >= 0.6 is 0 Å². The van der Waals surface area contributed by atoms with Gasteiger partial charge in [0.15, 0.2) is 0 Å². The third-order valence-corrected chi connectivity index (χ3v) is 5.90. The van der Waals surface area contributed by atoms with Crippen molar-refractivity contribution in [3.8, 4) is 0 Å². The van der Waals surface area contributed by atoms with Crippen molar-refractivity contribution in [2.75, 3.05) is 4.72 Å². The highest BCUT2D eigenvalue weighted by molar-refractivity contribution is 7.92. The van der Waals surface area contributed by atoms with E-state index in [2.05, 4.69) is 10.0 Å². The molecule has 0 bridgehead atoms. The lowest BCUT2D eigenvalue weighted by Crippen LogP contribution is -2.26. The van der Waals surface area contributed by atoms with Gasteiger partial charge in [0, 0.05) is 5.56 Å². The third-order valence-electron chi connectivity index (χ3n) is 4.52. The van der Waals surface area contributed by atoms with Gasteiger partial charge in [-0.05, 0) is 61.4 Å². The van der Waals surface area contributed by atoms with E-state index in [1.807, 2.05) is 0 Å². The molecular weight excluding hydrogens is 391 g/mol. The van der Waals surface area contributed by atoms with E-state index in [4.69, 9.17) is 0 Å². The van der Waals surface area contributed by atoms with Crippen LogP contribution in [0.5, 0.6) is 0 Å². The number of carbonyl (C=O) groups is 1. The van der Waals surface area contributed by atoms with E-state index in [0.29, 0.717) is 16.8 Å². The minimum atomic E-state index is -3.77. The van der Waals surface area contributed by atoms with Gasteiger partial charge in [-0.3, -0.25) is 9.52 Å². The van der Waals surface area contributed by atoms with Crippen LogP contribution in [0, 0.1) is 12.7 Å². The topological polar surface area (TPSA) is 75.3 Å². The molecule has 150 valence electrons. The highest BCUT2D eigenvalue weighted by Crippen LogP contribution is 2.22. The van der Waals surface area contributed by atoms with E-state index in [0.717, 1.165) is 5.56 Å². The first-order chi connectivity index (χ1) is 13.8. The van der Waals surface area contributed by atoms with Crippen LogP contribution in [0.2, 0.25) is 0 Å². The second-order valence-electron chi connectivity index (χ2n) is 6.69. The Hall–Kier alpha value is -3.19. The molecule has 3 aromatic carbocycles. The molecule has 0 fully saturated rings. The van der Waals surface area contributed by atoms with Gasteiger partial charge < -0.3 is 5.32 Å². The summed E-state index contributed by atoms with van der Waals surface area (Å²) in [7, 11) is -3.77. The average Bonchev–Trinajstić information content (AvgIpc) is 2.70. The lowest BCUT2D eigenvalue weighted by Gasteiger charge is -2.16. The van der Waals surface area contributed by atoms with Crippen LogP contribution in [0.1, 0.15) is 34.5 Å². The van der Waals surface area contributed by atoms with Gasteiger partial charge in [-0.1, -0.05) is 36.4 Å². The van der Waals surface area contributed by atoms with Gasteiger partial charge in [-0.2, -0.15) is 0 Å². The number of sulfonamides is 1. The average molecular weight is 412 g/mol. The molecule has 0 aromatic heterocycles. The summed E-state index contributed by atoms with van der Waals surface area (Å²) in [6, 6.07) is 18.4. The van der Waals surface area contributed by atoms with Gasteiger partial charge >= 0.3 is 0 Å². The number of halogens is 1. The van der Waals surface area contributed by atoms with Crippen molar-refractivity contribution < 1.29 is 17.6 Å². The molecule has 7 heteroatoms. The van der Waals surface area contributed by atoms with Crippen LogP contribution in [0.3, 0.4) is 0 Å². The van der Waals surface area contributed by atoms with Crippen molar-refractivity contribution in [1.82, 2.24) is 5.32 Å². The van der Waals surface area contributed by atoms with E-state index in [-0.39, 0.29) is 22.7 Å². The number of aryl methyl sites for hydroxylation is 1. The lowest BCUT2D eigenvalue weighted by molar-refractivity contribution is 0.0940. The van der Waals surface area contributed by atoms with E-state index < -0.39 is 10.0 Å². The number of carbonyl (C=O) groups excluding carboxylic acids is 1. The van der Waals surface area contributed by atoms with Crippen molar-refractivity contribution in [2.24, 2.45) is 0 Å². The number of amides is 1. The molecule has 5 nitrogen and oxygen atoms in total. The molecule has 3 rings (SSSR count). The summed E-state index contributed by atoms with van der Waals surface area (Å²) in [5.74, 6) is -0.705. The molecule has 1 unspecified atom stereocenters. The normalized spacial score (nSPS) is 12.2. The first-order valence-electron chi connectivity index (χ1n) is 9.01. The maximum absolute atomic E-state index is 13.1. The van der Waals surface area contributed by atoms with Gasteiger partial charge in [0.2, 0.25) is 0 Å². The van der Waals surface area contributed by atoms with E-state index in [1.54, 1.807) is 56.3 Å². The second kappa shape index (κ2) is 8.45. The monoisotopic (exact) mass is 412 g/mol. The van der Waals surface area contributed by atoms with E-state index in [1.165, 1.54) is 30.3 Å². The fourth-order valence-corrected chi connectivity index (χ4v) is 3.93. The first kappa shape index (κ1) is 20.5. The second-order valence-corrected chi connectivity index (χ2v) is 8.38. The van der Waals surface area contributed by atoms with Crippen LogP contribution in [-0.4, -0.2) is 14.3 Å². The van der Waals surface area contributed by atoms with Crippen molar-refractivity contribution in [3.05, 3.63) is 95.3 Å². The smallest absolute Gasteiger partial charge is 0.261 e. The highest BCUT2D eigenvalue weighted by Gasteiger charge is 2.17. The molecule has 0 aliphatic carbocycles. The zero-order valence-electron chi connectivity index (χ0n) is 16.0. The molecule has 1 atom stereocenters. The zero-order valence-corrected chi connectivity index (χ0v) is 16.8. The number of nitrogens with one attached hydrogen (secondary N) is 2. The number of hydrogen-bond donors (Lipinski definition) is 2. The quantitative estimate of drug-likeness (QED) is 0.629. The first-order valence-corrected chi connectivity index (χ1v) is 10.5. The van der Waals surface area contributed by atoms with Gasteiger partial charge in [0.05, 0.1) is 16.6 Å². The molecule has 1 amide bonds. The molecule has 0 aliphatic rings. The maximum atomic E-state index is 13.1. The van der Waals surface area contributed by atoms with Crippen molar-refractivity contribution in [1.29, 1.82) is 0 Å².